The molecule has 1 aliphatic rings. The van der Waals surface area contributed by atoms with E-state index >= 15 is 0 Å². The molecule has 0 aromatic carbocycles. The second-order valence-corrected chi connectivity index (χ2v) is 6.19. The smallest absolute Gasteiger partial charge is 0.397 e. The minimum atomic E-state index is -4.44. The Morgan fingerprint density at radius 2 is 2.00 bits per heavy atom. The maximum absolute atomic E-state index is 12.5. The summed E-state index contributed by atoms with van der Waals surface area (Å²) in [7, 11) is 0. The van der Waals surface area contributed by atoms with E-state index in [0.717, 1.165) is 31.6 Å². The van der Waals surface area contributed by atoms with Gasteiger partial charge in [0.05, 0.1) is 11.9 Å². The molecule has 4 heterocycles. The van der Waals surface area contributed by atoms with Gasteiger partial charge >= 0.3 is 6.18 Å². The average molecular weight is 405 g/mol. The van der Waals surface area contributed by atoms with Crippen LogP contribution in [0.15, 0.2) is 21.5 Å². The van der Waals surface area contributed by atoms with Gasteiger partial charge in [-0.15, -0.1) is 22.6 Å². The van der Waals surface area contributed by atoms with Crippen LogP contribution in [0.25, 0.3) is 17.1 Å². The van der Waals surface area contributed by atoms with Crippen LogP contribution in [0.3, 0.4) is 0 Å². The van der Waals surface area contributed by atoms with Gasteiger partial charge in [0.1, 0.15) is 17.6 Å². The van der Waals surface area contributed by atoms with E-state index in [1.807, 2.05) is 0 Å². The molecule has 0 atom stereocenters. The minimum absolute atomic E-state index is 0. The van der Waals surface area contributed by atoms with Crippen LogP contribution >= 0.6 is 12.4 Å². The molecule has 0 unspecified atom stereocenters. The molecule has 0 saturated carbocycles. The van der Waals surface area contributed by atoms with Gasteiger partial charge in [0.2, 0.25) is 5.89 Å². The molecular formula is C15H16ClF3N6O2. The first-order valence-electron chi connectivity index (χ1n) is 8.12. The Morgan fingerprint density at radius 3 is 2.70 bits per heavy atom. The second-order valence-electron chi connectivity index (χ2n) is 6.19. The summed E-state index contributed by atoms with van der Waals surface area (Å²) in [5.41, 5.74) is 1.06. The third-order valence-electron chi connectivity index (χ3n) is 4.34. The third-order valence-corrected chi connectivity index (χ3v) is 4.34. The highest BCUT2D eigenvalue weighted by atomic mass is 35.5. The number of nitrogens with one attached hydrogen (secondary N) is 2. The summed E-state index contributed by atoms with van der Waals surface area (Å²) in [6.45, 7) is 1.69. The number of hydrogen-bond acceptors (Lipinski definition) is 6. The fourth-order valence-electron chi connectivity index (χ4n) is 3.18. The van der Waals surface area contributed by atoms with Gasteiger partial charge in [-0.2, -0.15) is 18.3 Å². The number of aromatic amines is 1. The number of hydrogen-bond donors (Lipinski definition) is 2. The number of piperidine rings is 1. The maximum atomic E-state index is 12.5. The third kappa shape index (κ3) is 3.98. The maximum Gasteiger partial charge on any atom is 0.397 e. The number of halogens is 4. The first-order chi connectivity index (χ1) is 12.4. The topological polar surface area (TPSA) is 101 Å². The first kappa shape index (κ1) is 19.4. The van der Waals surface area contributed by atoms with Crippen LogP contribution in [-0.4, -0.2) is 44.1 Å². The zero-order valence-corrected chi connectivity index (χ0v) is 14.7. The molecular weight excluding hydrogens is 389 g/mol. The average Bonchev–Trinajstić information content (AvgIpc) is 3.20. The van der Waals surface area contributed by atoms with Crippen LogP contribution in [0, 0.1) is 0 Å². The van der Waals surface area contributed by atoms with Crippen molar-refractivity contribution in [1.82, 2.24) is 30.1 Å². The van der Waals surface area contributed by atoms with Crippen LogP contribution in [0.1, 0.15) is 30.3 Å². The summed E-state index contributed by atoms with van der Waals surface area (Å²) in [5, 5.41) is 14.6. The van der Waals surface area contributed by atoms with Crippen LogP contribution in [-0.2, 0) is 6.42 Å². The van der Waals surface area contributed by atoms with Crippen molar-refractivity contribution in [3.63, 3.8) is 0 Å². The lowest BCUT2D eigenvalue weighted by Crippen LogP contribution is -2.28. The van der Waals surface area contributed by atoms with Crippen LogP contribution in [0.2, 0.25) is 0 Å². The summed E-state index contributed by atoms with van der Waals surface area (Å²) >= 11 is 0. The number of H-pyrrole nitrogens is 1. The van der Waals surface area contributed by atoms with Crippen molar-refractivity contribution < 1.29 is 17.6 Å². The van der Waals surface area contributed by atoms with Gasteiger partial charge in [0.25, 0.3) is 11.4 Å². The van der Waals surface area contributed by atoms with E-state index in [1.165, 1.54) is 12.3 Å². The van der Waals surface area contributed by atoms with Gasteiger partial charge in [0, 0.05) is 12.0 Å². The van der Waals surface area contributed by atoms with E-state index in [9.17, 15) is 18.0 Å². The zero-order chi connectivity index (χ0) is 18.3. The standard InChI is InChI=1S/C15H15F3N6O2.ClH/c16-15(17,18)6-12-22-23-14(26-12)9-7-20-24-10(5-11(25)21-13(9)24)8-1-3-19-4-2-8;/h5,7-8,19H,1-4,6H2,(H,21,25);1H. The van der Waals surface area contributed by atoms with Crippen molar-refractivity contribution in [2.24, 2.45) is 0 Å². The molecule has 8 nitrogen and oxygen atoms in total. The van der Waals surface area contributed by atoms with E-state index in [1.54, 1.807) is 4.52 Å². The van der Waals surface area contributed by atoms with Gasteiger partial charge < -0.3 is 14.7 Å². The Labute approximate surface area is 156 Å². The zero-order valence-electron chi connectivity index (χ0n) is 13.9. The summed E-state index contributed by atoms with van der Waals surface area (Å²) in [6, 6.07) is 1.50. The molecule has 3 aromatic heterocycles. The summed E-state index contributed by atoms with van der Waals surface area (Å²) in [6.07, 6.45) is -2.62. The fraction of sp³-hybridized carbons (Fsp3) is 0.467. The fourth-order valence-corrected chi connectivity index (χ4v) is 3.18. The van der Waals surface area contributed by atoms with Crippen molar-refractivity contribution >= 4 is 18.1 Å². The monoisotopic (exact) mass is 404 g/mol. The Kier molecular flexibility index (Phi) is 5.24. The molecule has 0 radical (unpaired) electrons. The Hall–Kier alpha value is -2.40. The number of nitrogens with zero attached hydrogens (tertiary/aromatic N) is 4. The van der Waals surface area contributed by atoms with Gasteiger partial charge in [0.15, 0.2) is 0 Å². The summed E-state index contributed by atoms with van der Waals surface area (Å²) in [5.74, 6) is -0.488. The van der Waals surface area contributed by atoms with Crippen LogP contribution in [0.4, 0.5) is 13.2 Å². The highest BCUT2D eigenvalue weighted by molar-refractivity contribution is 5.85. The molecule has 146 valence electrons. The molecule has 0 aliphatic carbocycles. The van der Waals surface area contributed by atoms with Gasteiger partial charge in [-0.25, -0.2) is 4.52 Å². The molecule has 0 bridgehead atoms. The molecule has 27 heavy (non-hydrogen) atoms. The van der Waals surface area contributed by atoms with Gasteiger partial charge in [-0.3, -0.25) is 4.79 Å². The summed E-state index contributed by atoms with van der Waals surface area (Å²) < 4.78 is 44.1. The largest absolute Gasteiger partial charge is 0.420 e. The molecule has 12 heteroatoms. The first-order valence-corrected chi connectivity index (χ1v) is 8.12. The molecule has 1 saturated heterocycles. The number of aromatic nitrogens is 5. The van der Waals surface area contributed by atoms with Crippen molar-refractivity contribution in [3.05, 3.63) is 34.2 Å². The quantitative estimate of drug-likeness (QED) is 0.693. The lowest BCUT2D eigenvalue weighted by atomic mass is 9.94. The van der Waals surface area contributed by atoms with Crippen molar-refractivity contribution in [2.45, 2.75) is 31.4 Å². The highest BCUT2D eigenvalue weighted by Crippen LogP contribution is 2.28. The lowest BCUT2D eigenvalue weighted by molar-refractivity contribution is -0.130. The van der Waals surface area contributed by atoms with E-state index in [-0.39, 0.29) is 29.8 Å². The number of alkyl halides is 3. The number of rotatable bonds is 3. The Morgan fingerprint density at radius 1 is 1.26 bits per heavy atom. The predicted molar refractivity (Wildman–Crippen MR) is 91.0 cm³/mol. The van der Waals surface area contributed by atoms with Crippen molar-refractivity contribution in [1.29, 1.82) is 0 Å². The molecule has 0 spiro atoms. The predicted octanol–water partition coefficient (Wildman–Crippen LogP) is 2.07. The molecule has 3 aromatic rings. The van der Waals surface area contributed by atoms with E-state index in [4.69, 9.17) is 4.42 Å². The Balaban J connectivity index is 0.00000210. The SMILES string of the molecule is Cl.O=c1cc(C2CCNCC2)n2ncc(-c3nnc(CC(F)(F)F)o3)c2[nH]1. The van der Waals surface area contributed by atoms with Crippen molar-refractivity contribution in [3.8, 4) is 11.5 Å². The Bertz CT molecular complexity index is 990. The molecule has 1 aliphatic heterocycles. The van der Waals surface area contributed by atoms with Crippen molar-refractivity contribution in [2.75, 3.05) is 13.1 Å². The lowest BCUT2D eigenvalue weighted by Gasteiger charge is -2.23. The van der Waals surface area contributed by atoms with Crippen LogP contribution in [0.5, 0.6) is 0 Å². The number of fused-ring (bicyclic) bond motifs is 1. The minimum Gasteiger partial charge on any atom is -0.420 e. The highest BCUT2D eigenvalue weighted by Gasteiger charge is 2.31. The molecule has 1 fully saturated rings. The second kappa shape index (κ2) is 7.31. The normalized spacial score (nSPS) is 15.8. The van der Waals surface area contributed by atoms with E-state index in [2.05, 4.69) is 25.6 Å². The molecule has 4 rings (SSSR count). The van der Waals surface area contributed by atoms with Gasteiger partial charge in [-0.1, -0.05) is 0 Å². The van der Waals surface area contributed by atoms with Gasteiger partial charge in [-0.05, 0) is 25.9 Å². The molecule has 2 N–H and O–H groups in total. The van der Waals surface area contributed by atoms with E-state index in [0.29, 0.717) is 11.2 Å². The molecule has 0 amide bonds. The van der Waals surface area contributed by atoms with Crippen LogP contribution < -0.4 is 10.9 Å². The summed E-state index contributed by atoms with van der Waals surface area (Å²) in [4.78, 5) is 14.7. The van der Waals surface area contributed by atoms with E-state index < -0.39 is 18.5 Å².